The zero-order valence-electron chi connectivity index (χ0n) is 17.3. The van der Waals surface area contributed by atoms with Crippen LogP contribution in [-0.4, -0.2) is 19.5 Å². The van der Waals surface area contributed by atoms with Crippen molar-refractivity contribution in [2.24, 2.45) is 11.6 Å². The highest BCUT2D eigenvalue weighted by Gasteiger charge is 2.18. The molecule has 0 radical (unpaired) electrons. The minimum atomic E-state index is 0.401. The molecule has 0 saturated heterocycles. The average molecular weight is 403 g/mol. The van der Waals surface area contributed by atoms with E-state index in [9.17, 15) is 0 Å². The van der Waals surface area contributed by atoms with Gasteiger partial charge in [0.2, 0.25) is 0 Å². The molecule has 4 aromatic rings. The predicted molar refractivity (Wildman–Crippen MR) is 123 cm³/mol. The van der Waals surface area contributed by atoms with Crippen molar-refractivity contribution in [2.45, 2.75) is 20.8 Å². The summed E-state index contributed by atoms with van der Waals surface area (Å²) in [5, 5.41) is 1.35. The Morgan fingerprint density at radius 3 is 2.40 bits per heavy atom. The third kappa shape index (κ3) is 3.94. The van der Waals surface area contributed by atoms with Gasteiger partial charge >= 0.3 is 0 Å². The third-order valence-electron chi connectivity index (χ3n) is 4.37. The van der Waals surface area contributed by atoms with E-state index in [0.29, 0.717) is 28.6 Å². The molecular formula is C22H26N8. The van der Waals surface area contributed by atoms with Crippen LogP contribution in [0.2, 0.25) is 0 Å². The molecule has 0 amide bonds. The lowest BCUT2D eigenvalue weighted by Gasteiger charge is -2.13. The second kappa shape index (κ2) is 9.06. The van der Waals surface area contributed by atoms with Crippen LogP contribution in [0.25, 0.3) is 28.2 Å². The Balaban J connectivity index is 0.00000124. The molecule has 0 aliphatic carbocycles. The largest absolute Gasteiger partial charge is 0.403 e. The smallest absolute Gasteiger partial charge is 0.167 e. The van der Waals surface area contributed by atoms with Gasteiger partial charge in [-0.1, -0.05) is 31.5 Å². The molecular weight excluding hydrogens is 376 g/mol. The van der Waals surface area contributed by atoms with Crippen molar-refractivity contribution in [3.63, 3.8) is 0 Å². The summed E-state index contributed by atoms with van der Waals surface area (Å²) in [5.74, 6) is 7.59. The molecule has 154 valence electrons. The van der Waals surface area contributed by atoms with Gasteiger partial charge in [0.05, 0.1) is 5.56 Å². The van der Waals surface area contributed by atoms with Crippen LogP contribution in [0.1, 0.15) is 19.4 Å². The van der Waals surface area contributed by atoms with Crippen molar-refractivity contribution < 1.29 is 0 Å². The van der Waals surface area contributed by atoms with Crippen LogP contribution in [0, 0.1) is 6.92 Å². The van der Waals surface area contributed by atoms with Crippen molar-refractivity contribution in [3.8, 4) is 17.1 Å². The molecule has 0 spiro atoms. The van der Waals surface area contributed by atoms with Gasteiger partial charge in [0.1, 0.15) is 17.2 Å². The summed E-state index contributed by atoms with van der Waals surface area (Å²) >= 11 is 0. The van der Waals surface area contributed by atoms with Gasteiger partial charge < -0.3 is 11.5 Å². The van der Waals surface area contributed by atoms with Gasteiger partial charge in [-0.25, -0.2) is 20.8 Å². The van der Waals surface area contributed by atoms with Crippen LogP contribution in [0.5, 0.6) is 0 Å². The summed E-state index contributed by atoms with van der Waals surface area (Å²) in [7, 11) is 0. The number of nitrogens with two attached hydrogens (primary N) is 3. The highest BCUT2D eigenvalue weighted by Crippen LogP contribution is 2.31. The normalized spacial score (nSPS) is 10.8. The molecule has 0 aliphatic rings. The monoisotopic (exact) mass is 402 g/mol. The van der Waals surface area contributed by atoms with Gasteiger partial charge in [-0.05, 0) is 43.3 Å². The van der Waals surface area contributed by atoms with E-state index < -0.39 is 0 Å². The first kappa shape index (κ1) is 20.8. The molecule has 4 rings (SSSR count). The van der Waals surface area contributed by atoms with E-state index in [1.807, 2.05) is 67.8 Å². The van der Waals surface area contributed by atoms with Crippen molar-refractivity contribution in [2.75, 3.05) is 10.7 Å². The lowest BCUT2D eigenvalue weighted by Crippen LogP contribution is -2.25. The van der Waals surface area contributed by atoms with Gasteiger partial charge in [-0.2, -0.15) is 0 Å². The molecule has 8 nitrogen and oxygen atoms in total. The Morgan fingerprint density at radius 2 is 1.73 bits per heavy atom. The van der Waals surface area contributed by atoms with E-state index in [4.69, 9.17) is 27.3 Å². The van der Waals surface area contributed by atoms with Crippen LogP contribution in [-0.2, 0) is 0 Å². The third-order valence-corrected chi connectivity index (χ3v) is 4.37. The summed E-state index contributed by atoms with van der Waals surface area (Å²) in [4.78, 5) is 13.7. The van der Waals surface area contributed by atoms with E-state index >= 15 is 0 Å². The maximum absolute atomic E-state index is 6.13. The molecule has 0 aliphatic heterocycles. The number of anilines is 2. The van der Waals surface area contributed by atoms with Crippen LogP contribution >= 0.6 is 0 Å². The van der Waals surface area contributed by atoms with Gasteiger partial charge in [-0.15, -0.1) is 0 Å². The minimum Gasteiger partial charge on any atom is -0.403 e. The number of hydrogen-bond donors (Lipinski definition) is 3. The highest BCUT2D eigenvalue weighted by atomic mass is 15.4. The fourth-order valence-corrected chi connectivity index (χ4v) is 2.99. The van der Waals surface area contributed by atoms with Gasteiger partial charge in [-0.3, -0.25) is 9.58 Å². The number of benzene rings is 1. The maximum Gasteiger partial charge on any atom is 0.167 e. The summed E-state index contributed by atoms with van der Waals surface area (Å²) in [5.41, 5.74) is 15.7. The summed E-state index contributed by atoms with van der Waals surface area (Å²) < 4.78 is 1.95. The standard InChI is InChI=1S/C20H20N8.C2H6/c1-13-4-6-14(7-5-13)28-19(15-3-2-11-24-18(15)22)25-16-8-9-17(26-20(16)28)27(23)12-10-21;1-2/h2-12H,21,23H2,1H3,(H2,22,24);1-2H3/b12-10-;. The molecule has 3 heterocycles. The molecule has 6 N–H and O–H groups in total. The average Bonchev–Trinajstić information content (AvgIpc) is 3.14. The lowest BCUT2D eigenvalue weighted by molar-refractivity contribution is 1.01. The Bertz CT molecular complexity index is 1160. The Hall–Kier alpha value is -3.91. The fraction of sp³-hybridized carbons (Fsp3) is 0.136. The number of hydrogen-bond acceptors (Lipinski definition) is 7. The zero-order valence-corrected chi connectivity index (χ0v) is 17.3. The van der Waals surface area contributed by atoms with E-state index in [-0.39, 0.29) is 0 Å². The number of aromatic nitrogens is 4. The van der Waals surface area contributed by atoms with Gasteiger partial charge in [0, 0.05) is 24.3 Å². The molecule has 8 heteroatoms. The molecule has 0 atom stereocenters. The minimum absolute atomic E-state index is 0.401. The van der Waals surface area contributed by atoms with Crippen molar-refractivity contribution >= 4 is 22.8 Å². The van der Waals surface area contributed by atoms with Crippen molar-refractivity contribution in [1.82, 2.24) is 19.5 Å². The van der Waals surface area contributed by atoms with Crippen LogP contribution < -0.4 is 22.3 Å². The molecule has 0 bridgehead atoms. The zero-order chi connectivity index (χ0) is 21.7. The summed E-state index contributed by atoms with van der Waals surface area (Å²) in [6.45, 7) is 6.04. The number of imidazole rings is 1. The number of rotatable bonds is 4. The van der Waals surface area contributed by atoms with E-state index in [2.05, 4.69) is 4.98 Å². The fourth-order valence-electron chi connectivity index (χ4n) is 2.99. The highest BCUT2D eigenvalue weighted by molar-refractivity contribution is 5.83. The summed E-state index contributed by atoms with van der Waals surface area (Å²) in [6, 6.07) is 15.5. The SMILES string of the molecule is CC.Cc1ccc(-n2c(-c3cccnc3N)nc3ccc(N(N)/C=C\N)nc32)cc1. The molecule has 30 heavy (non-hydrogen) atoms. The number of nitrogens with zero attached hydrogens (tertiary/aromatic N) is 5. The first-order valence-electron chi connectivity index (χ1n) is 9.68. The maximum atomic E-state index is 6.13. The molecule has 0 fully saturated rings. The number of nitrogen functional groups attached to an aromatic ring is 1. The number of aryl methyl sites for hydroxylation is 1. The quantitative estimate of drug-likeness (QED) is 0.352. The van der Waals surface area contributed by atoms with Crippen molar-refractivity contribution in [3.05, 3.63) is 72.7 Å². The molecule has 1 aromatic carbocycles. The molecule has 0 saturated carbocycles. The number of fused-ring (bicyclic) bond motifs is 1. The second-order valence-corrected chi connectivity index (χ2v) is 6.30. The van der Waals surface area contributed by atoms with E-state index in [0.717, 1.165) is 16.8 Å². The predicted octanol–water partition coefficient (Wildman–Crippen LogP) is 3.51. The van der Waals surface area contributed by atoms with Crippen molar-refractivity contribution in [1.29, 1.82) is 0 Å². The van der Waals surface area contributed by atoms with Gasteiger partial charge in [0.15, 0.2) is 11.5 Å². The molecule has 0 unspecified atom stereocenters. The Morgan fingerprint density at radius 1 is 1.00 bits per heavy atom. The number of hydrazine groups is 1. The van der Waals surface area contributed by atoms with Crippen LogP contribution in [0.3, 0.4) is 0 Å². The first-order chi connectivity index (χ1) is 14.6. The molecule has 3 aromatic heterocycles. The number of pyridine rings is 2. The Kier molecular flexibility index (Phi) is 6.29. The van der Waals surface area contributed by atoms with E-state index in [1.54, 1.807) is 12.3 Å². The lowest BCUT2D eigenvalue weighted by atomic mass is 10.2. The van der Waals surface area contributed by atoms with Crippen LogP contribution in [0.15, 0.2) is 67.1 Å². The first-order valence-corrected chi connectivity index (χ1v) is 9.68. The summed E-state index contributed by atoms with van der Waals surface area (Å²) in [6.07, 6.45) is 4.53. The van der Waals surface area contributed by atoms with Gasteiger partial charge in [0.25, 0.3) is 0 Å². The Labute approximate surface area is 175 Å². The van der Waals surface area contributed by atoms with E-state index in [1.165, 1.54) is 17.4 Å². The second-order valence-electron chi connectivity index (χ2n) is 6.30. The topological polar surface area (TPSA) is 125 Å². The van der Waals surface area contributed by atoms with Crippen LogP contribution in [0.4, 0.5) is 11.6 Å².